The lowest BCUT2D eigenvalue weighted by Gasteiger charge is -2.38. The predicted octanol–water partition coefficient (Wildman–Crippen LogP) is 3.50. The van der Waals surface area contributed by atoms with E-state index in [0.717, 1.165) is 31.3 Å². The van der Waals surface area contributed by atoms with Crippen molar-refractivity contribution in [2.75, 3.05) is 25.0 Å². The Kier molecular flexibility index (Phi) is 4.86. The van der Waals surface area contributed by atoms with E-state index in [2.05, 4.69) is 32.9 Å². The van der Waals surface area contributed by atoms with Gasteiger partial charge >= 0.3 is 0 Å². The van der Waals surface area contributed by atoms with Gasteiger partial charge in [-0.3, -0.25) is 4.90 Å². The molecule has 4 rings (SSSR count). The van der Waals surface area contributed by atoms with Gasteiger partial charge in [-0.2, -0.15) is 0 Å². The van der Waals surface area contributed by atoms with Gasteiger partial charge in [0.15, 0.2) is 0 Å². The highest BCUT2D eigenvalue weighted by Gasteiger charge is 2.28. The molecule has 6 heteroatoms. The average molecular weight is 358 g/mol. The first kappa shape index (κ1) is 16.7. The Hall–Kier alpha value is -1.72. The van der Waals surface area contributed by atoms with Crippen molar-refractivity contribution in [3.8, 4) is 0 Å². The maximum atomic E-state index is 5.88. The largest absolute Gasteiger partial charge is 0.355 e. The number of likely N-dealkylation sites (N-methyl/N-ethyl adjacent to an activating group) is 1. The van der Waals surface area contributed by atoms with Gasteiger partial charge in [-0.05, 0) is 49.9 Å². The maximum Gasteiger partial charge on any atom is 0.133 e. The Morgan fingerprint density at radius 1 is 1.20 bits per heavy atom. The molecule has 0 radical (unpaired) electrons. The molecule has 1 aliphatic carbocycles. The van der Waals surface area contributed by atoms with Crippen LogP contribution in [0.4, 0.5) is 5.82 Å². The van der Waals surface area contributed by atoms with Gasteiger partial charge in [0.05, 0.1) is 0 Å². The minimum absolute atomic E-state index is 0.482. The van der Waals surface area contributed by atoms with Crippen LogP contribution in [0.15, 0.2) is 30.6 Å². The van der Waals surface area contributed by atoms with Crippen LogP contribution >= 0.6 is 11.6 Å². The van der Waals surface area contributed by atoms with Crippen molar-refractivity contribution >= 4 is 17.4 Å². The third-order valence-electron chi connectivity index (χ3n) is 5.19. The molecular weight excluding hydrogens is 334 g/mol. The number of pyridine rings is 1. The van der Waals surface area contributed by atoms with Crippen LogP contribution in [-0.2, 0) is 6.54 Å². The molecule has 0 bridgehead atoms. The topological polar surface area (TPSA) is 45.2 Å². The van der Waals surface area contributed by atoms with Gasteiger partial charge in [-0.1, -0.05) is 17.7 Å². The smallest absolute Gasteiger partial charge is 0.133 e. The number of anilines is 1. The first-order valence-electron chi connectivity index (χ1n) is 9.07. The Balaban J connectivity index is 1.41. The summed E-state index contributed by atoms with van der Waals surface area (Å²) in [5.74, 6) is 2.66. The first-order chi connectivity index (χ1) is 12.2. The number of hydrogen-bond donors (Lipinski definition) is 0. The van der Waals surface area contributed by atoms with E-state index in [1.807, 2.05) is 24.5 Å². The van der Waals surface area contributed by atoms with Gasteiger partial charge in [-0.25, -0.2) is 15.0 Å². The van der Waals surface area contributed by atoms with Crippen molar-refractivity contribution in [3.63, 3.8) is 0 Å². The fourth-order valence-electron chi connectivity index (χ4n) is 3.53. The summed E-state index contributed by atoms with van der Waals surface area (Å²) in [6.07, 6.45) is 8.67. The molecule has 2 aromatic heterocycles. The maximum absolute atomic E-state index is 5.88. The summed E-state index contributed by atoms with van der Waals surface area (Å²) in [6.45, 7) is 3.09. The van der Waals surface area contributed by atoms with Crippen LogP contribution in [0.3, 0.4) is 0 Å². The number of likely N-dealkylation sites (tertiary alicyclic amines) is 1. The van der Waals surface area contributed by atoms with Crippen molar-refractivity contribution in [2.24, 2.45) is 0 Å². The van der Waals surface area contributed by atoms with E-state index in [9.17, 15) is 0 Å². The summed E-state index contributed by atoms with van der Waals surface area (Å²) in [7, 11) is 2.16. The van der Waals surface area contributed by atoms with E-state index in [4.69, 9.17) is 16.6 Å². The first-order valence-corrected chi connectivity index (χ1v) is 9.45. The van der Waals surface area contributed by atoms with Gasteiger partial charge in [-0.15, -0.1) is 0 Å². The lowest BCUT2D eigenvalue weighted by molar-refractivity contribution is 0.198. The highest BCUT2D eigenvalue weighted by atomic mass is 35.5. The molecule has 3 heterocycles. The predicted molar refractivity (Wildman–Crippen MR) is 100.0 cm³/mol. The Morgan fingerprint density at radius 2 is 2.08 bits per heavy atom. The third kappa shape index (κ3) is 4.10. The third-order valence-corrected chi connectivity index (χ3v) is 5.41. The van der Waals surface area contributed by atoms with Crippen LogP contribution in [0.5, 0.6) is 0 Å². The minimum Gasteiger partial charge on any atom is -0.355 e. The Bertz CT molecular complexity index is 716. The molecule has 0 amide bonds. The molecule has 2 aromatic rings. The monoisotopic (exact) mass is 357 g/mol. The van der Waals surface area contributed by atoms with Crippen LogP contribution < -0.4 is 4.90 Å². The molecule has 0 N–H and O–H groups in total. The van der Waals surface area contributed by atoms with E-state index in [1.54, 1.807) is 0 Å². The SMILES string of the molecule is CN(c1ccnc(C2CC2)n1)C1CCCN(Cc2ccc(Cl)nc2)C1. The van der Waals surface area contributed by atoms with Crippen LogP contribution in [0, 0.1) is 0 Å². The van der Waals surface area contributed by atoms with E-state index in [0.29, 0.717) is 17.1 Å². The quantitative estimate of drug-likeness (QED) is 0.766. The fourth-order valence-corrected chi connectivity index (χ4v) is 3.65. The zero-order valence-electron chi connectivity index (χ0n) is 14.6. The lowest BCUT2D eigenvalue weighted by atomic mass is 10.0. The lowest BCUT2D eigenvalue weighted by Crippen LogP contribution is -2.46. The van der Waals surface area contributed by atoms with Gasteiger partial charge < -0.3 is 4.90 Å². The summed E-state index contributed by atoms with van der Waals surface area (Å²) in [5.41, 5.74) is 1.21. The summed E-state index contributed by atoms with van der Waals surface area (Å²) in [4.78, 5) is 18.3. The fraction of sp³-hybridized carbons (Fsp3) is 0.526. The zero-order chi connectivity index (χ0) is 17.2. The number of rotatable bonds is 5. The minimum atomic E-state index is 0.482. The van der Waals surface area contributed by atoms with E-state index < -0.39 is 0 Å². The number of nitrogens with zero attached hydrogens (tertiary/aromatic N) is 5. The summed E-state index contributed by atoms with van der Waals surface area (Å²) >= 11 is 5.88. The van der Waals surface area contributed by atoms with Crippen molar-refractivity contribution in [3.05, 3.63) is 47.1 Å². The Labute approximate surface area is 154 Å². The van der Waals surface area contributed by atoms with Crippen molar-refractivity contribution in [2.45, 2.75) is 44.2 Å². The molecule has 25 heavy (non-hydrogen) atoms. The number of halogens is 1. The van der Waals surface area contributed by atoms with Crippen LogP contribution in [0.25, 0.3) is 0 Å². The number of aromatic nitrogens is 3. The molecule has 2 fully saturated rings. The molecule has 0 aromatic carbocycles. The van der Waals surface area contributed by atoms with Gasteiger partial charge in [0.1, 0.15) is 16.8 Å². The molecule has 1 saturated heterocycles. The van der Waals surface area contributed by atoms with E-state index in [-0.39, 0.29) is 0 Å². The van der Waals surface area contributed by atoms with Crippen molar-refractivity contribution < 1.29 is 0 Å². The second-order valence-corrected chi connectivity index (χ2v) is 7.57. The highest BCUT2D eigenvalue weighted by molar-refractivity contribution is 6.29. The molecule has 132 valence electrons. The molecule has 0 spiro atoms. The molecular formula is C19H24ClN5. The number of hydrogen-bond acceptors (Lipinski definition) is 5. The van der Waals surface area contributed by atoms with Crippen LogP contribution in [-0.4, -0.2) is 46.0 Å². The molecule has 1 unspecified atom stereocenters. The van der Waals surface area contributed by atoms with E-state index >= 15 is 0 Å². The summed E-state index contributed by atoms with van der Waals surface area (Å²) in [5, 5.41) is 0.551. The molecule has 5 nitrogen and oxygen atoms in total. The second kappa shape index (κ2) is 7.26. The van der Waals surface area contributed by atoms with Gasteiger partial charge in [0.2, 0.25) is 0 Å². The molecule has 1 saturated carbocycles. The molecule has 1 aliphatic heterocycles. The van der Waals surface area contributed by atoms with Crippen LogP contribution in [0.2, 0.25) is 5.15 Å². The van der Waals surface area contributed by atoms with Crippen LogP contribution in [0.1, 0.15) is 43.0 Å². The van der Waals surface area contributed by atoms with Crippen molar-refractivity contribution in [1.82, 2.24) is 19.9 Å². The molecule has 1 atom stereocenters. The van der Waals surface area contributed by atoms with Crippen molar-refractivity contribution in [1.29, 1.82) is 0 Å². The molecule has 2 aliphatic rings. The second-order valence-electron chi connectivity index (χ2n) is 7.18. The zero-order valence-corrected chi connectivity index (χ0v) is 15.4. The van der Waals surface area contributed by atoms with E-state index in [1.165, 1.54) is 31.2 Å². The highest BCUT2D eigenvalue weighted by Crippen LogP contribution is 2.38. The summed E-state index contributed by atoms with van der Waals surface area (Å²) in [6, 6.07) is 6.45. The Morgan fingerprint density at radius 3 is 2.84 bits per heavy atom. The van der Waals surface area contributed by atoms with Gasteiger partial charge in [0, 0.05) is 44.5 Å². The summed E-state index contributed by atoms with van der Waals surface area (Å²) < 4.78 is 0. The van der Waals surface area contributed by atoms with Gasteiger partial charge in [0.25, 0.3) is 0 Å². The standard InChI is InChI=1S/C19H24ClN5/c1-24(18-8-9-21-19(23-18)15-5-6-15)16-3-2-10-25(13-16)12-14-4-7-17(20)22-11-14/h4,7-9,11,15-16H,2-3,5-6,10,12-13H2,1H3. The average Bonchev–Trinajstić information content (AvgIpc) is 3.49. The normalized spacial score (nSPS) is 21.3. The number of piperidine rings is 1.